The van der Waals surface area contributed by atoms with Crippen LogP contribution in [0.15, 0.2) is 36.1 Å². The second-order valence-electron chi connectivity index (χ2n) is 4.38. The van der Waals surface area contributed by atoms with Gasteiger partial charge in [0.05, 0.1) is 27.4 Å². The van der Waals surface area contributed by atoms with Crippen molar-refractivity contribution in [1.29, 1.82) is 0 Å². The molecule has 0 amide bonds. The van der Waals surface area contributed by atoms with Crippen molar-refractivity contribution in [2.45, 2.75) is 19.9 Å². The first-order chi connectivity index (χ1) is 10.7. The molecule has 1 unspecified atom stereocenters. The molecule has 2 rings (SSSR count). The van der Waals surface area contributed by atoms with Gasteiger partial charge in [-0.15, -0.1) is 0 Å². The molecule has 0 radical (unpaired) electrons. The van der Waals surface area contributed by atoms with Gasteiger partial charge >= 0.3 is 0 Å². The van der Waals surface area contributed by atoms with Crippen molar-refractivity contribution in [3.05, 3.63) is 41.6 Å². The van der Waals surface area contributed by atoms with E-state index >= 15 is 0 Å². The van der Waals surface area contributed by atoms with Crippen molar-refractivity contribution in [3.63, 3.8) is 0 Å². The van der Waals surface area contributed by atoms with Gasteiger partial charge in [-0.3, -0.25) is 0 Å². The number of hydrogen-bond donors (Lipinski definition) is 2. The summed E-state index contributed by atoms with van der Waals surface area (Å²) in [6.45, 7) is 4.51. The Kier molecular flexibility index (Phi) is 7.32. The van der Waals surface area contributed by atoms with E-state index in [1.165, 1.54) is 0 Å². The summed E-state index contributed by atoms with van der Waals surface area (Å²) in [5.41, 5.74) is 7.79. The van der Waals surface area contributed by atoms with Gasteiger partial charge in [0.2, 0.25) is 5.75 Å². The minimum absolute atomic E-state index is 0.0345. The third-order valence-electron chi connectivity index (χ3n) is 3.24. The molecule has 1 heterocycles. The lowest BCUT2D eigenvalue weighted by Crippen LogP contribution is -2.19. The van der Waals surface area contributed by atoms with Gasteiger partial charge in [-0.1, -0.05) is 19.9 Å². The summed E-state index contributed by atoms with van der Waals surface area (Å²) in [6, 6.07) is 3.90. The van der Waals surface area contributed by atoms with Crippen LogP contribution in [0.25, 0.3) is 0 Å². The van der Waals surface area contributed by atoms with Crippen LogP contribution in [0.3, 0.4) is 0 Å². The van der Waals surface area contributed by atoms with Gasteiger partial charge in [-0.05, 0) is 35.5 Å². The van der Waals surface area contributed by atoms with Crippen molar-refractivity contribution < 1.29 is 14.2 Å². The first kappa shape index (κ1) is 17.9. The third kappa shape index (κ3) is 3.95. The highest BCUT2D eigenvalue weighted by atomic mass is 16.5. The average molecular weight is 306 g/mol. The van der Waals surface area contributed by atoms with E-state index < -0.39 is 0 Å². The number of rotatable bonds is 5. The molecule has 0 saturated heterocycles. The Morgan fingerprint density at radius 3 is 2.09 bits per heavy atom. The van der Waals surface area contributed by atoms with Crippen LogP contribution in [0.2, 0.25) is 0 Å². The fourth-order valence-corrected chi connectivity index (χ4v) is 2.19. The summed E-state index contributed by atoms with van der Waals surface area (Å²) in [4.78, 5) is 0. The Labute approximate surface area is 132 Å². The van der Waals surface area contributed by atoms with E-state index in [4.69, 9.17) is 19.9 Å². The van der Waals surface area contributed by atoms with Gasteiger partial charge in [-0.2, -0.15) is 0 Å². The number of nitrogens with two attached hydrogens (primary N) is 1. The smallest absolute Gasteiger partial charge is 0.203 e. The van der Waals surface area contributed by atoms with Crippen LogP contribution in [-0.2, 0) is 0 Å². The quantitative estimate of drug-likeness (QED) is 0.875. The van der Waals surface area contributed by atoms with E-state index in [-0.39, 0.29) is 6.04 Å². The molecule has 5 heteroatoms. The fraction of sp³-hybridized carbons (Fsp3) is 0.412. The fourth-order valence-electron chi connectivity index (χ4n) is 2.19. The van der Waals surface area contributed by atoms with Gasteiger partial charge in [0.1, 0.15) is 0 Å². The van der Waals surface area contributed by atoms with Gasteiger partial charge in [-0.25, -0.2) is 0 Å². The number of ether oxygens (including phenoxy) is 3. The largest absolute Gasteiger partial charge is 0.493 e. The molecule has 1 aliphatic heterocycles. The zero-order chi connectivity index (χ0) is 16.5. The maximum Gasteiger partial charge on any atom is 0.203 e. The Morgan fingerprint density at radius 1 is 1.05 bits per heavy atom. The molecule has 0 saturated carbocycles. The number of nitrogens with one attached hydrogen (secondary N) is 1. The first-order valence-electron chi connectivity index (χ1n) is 7.36. The lowest BCUT2D eigenvalue weighted by atomic mass is 10.0. The van der Waals surface area contributed by atoms with Crippen molar-refractivity contribution >= 4 is 0 Å². The van der Waals surface area contributed by atoms with Gasteiger partial charge < -0.3 is 25.3 Å². The highest BCUT2D eigenvalue weighted by Gasteiger charge is 2.18. The number of methoxy groups -OCH3 is 3. The Balaban J connectivity index is 0.00000116. The lowest BCUT2D eigenvalue weighted by Gasteiger charge is -2.21. The van der Waals surface area contributed by atoms with E-state index in [0.717, 1.165) is 11.1 Å². The molecule has 0 spiro atoms. The Hall–Kier alpha value is -2.14. The Morgan fingerprint density at radius 2 is 1.64 bits per heavy atom. The average Bonchev–Trinajstić information content (AvgIpc) is 2.62. The van der Waals surface area contributed by atoms with Crippen molar-refractivity contribution in [2.24, 2.45) is 5.73 Å². The van der Waals surface area contributed by atoms with Crippen molar-refractivity contribution in [2.75, 3.05) is 27.9 Å². The van der Waals surface area contributed by atoms with Crippen molar-refractivity contribution in [1.82, 2.24) is 5.32 Å². The van der Waals surface area contributed by atoms with Crippen LogP contribution in [0.1, 0.15) is 25.5 Å². The molecule has 3 N–H and O–H groups in total. The lowest BCUT2D eigenvalue weighted by molar-refractivity contribution is 0.323. The zero-order valence-corrected chi connectivity index (χ0v) is 14.0. The van der Waals surface area contributed by atoms with Gasteiger partial charge in [0.15, 0.2) is 11.5 Å². The van der Waals surface area contributed by atoms with Crippen LogP contribution >= 0.6 is 0 Å². The minimum Gasteiger partial charge on any atom is -0.493 e. The SMILES string of the molecule is CC.COc1cc(C2C=C(CN)C=CN2)cc(OC)c1OC. The number of dihydropyridines is 1. The summed E-state index contributed by atoms with van der Waals surface area (Å²) >= 11 is 0. The molecule has 0 fully saturated rings. The maximum atomic E-state index is 5.68. The standard InChI is InChI=1S/C15H20N2O3.C2H6/c1-18-13-7-11(8-14(19-2)15(13)20-3)12-6-10(9-16)4-5-17-12;1-2/h4-8,12,17H,9,16H2,1-3H3;1-2H3. The normalized spacial score (nSPS) is 15.9. The second kappa shape index (κ2) is 9.00. The molecule has 122 valence electrons. The van der Waals surface area contributed by atoms with E-state index in [1.807, 2.05) is 38.3 Å². The van der Waals surface area contributed by atoms with Crippen LogP contribution < -0.4 is 25.3 Å². The predicted octanol–water partition coefficient (Wildman–Crippen LogP) is 2.78. The van der Waals surface area contributed by atoms with Crippen LogP contribution in [0.5, 0.6) is 17.2 Å². The van der Waals surface area contributed by atoms with E-state index in [9.17, 15) is 0 Å². The van der Waals surface area contributed by atoms with Gasteiger partial charge in [0, 0.05) is 6.54 Å². The number of benzene rings is 1. The summed E-state index contributed by atoms with van der Waals surface area (Å²) in [5, 5.41) is 3.28. The molecule has 5 nitrogen and oxygen atoms in total. The van der Waals surface area contributed by atoms with Crippen LogP contribution in [0, 0.1) is 0 Å². The molecular formula is C17H26N2O3. The topological polar surface area (TPSA) is 65.7 Å². The molecular weight excluding hydrogens is 280 g/mol. The molecule has 1 atom stereocenters. The first-order valence-corrected chi connectivity index (χ1v) is 7.36. The summed E-state index contributed by atoms with van der Waals surface area (Å²) < 4.78 is 16.1. The van der Waals surface area contributed by atoms with Gasteiger partial charge in [0.25, 0.3) is 0 Å². The van der Waals surface area contributed by atoms with E-state index in [0.29, 0.717) is 23.8 Å². The highest BCUT2D eigenvalue weighted by Crippen LogP contribution is 2.40. The molecule has 22 heavy (non-hydrogen) atoms. The van der Waals surface area contributed by atoms with E-state index in [2.05, 4.69) is 11.4 Å². The minimum atomic E-state index is 0.0345. The molecule has 1 aromatic carbocycles. The maximum absolute atomic E-state index is 5.68. The predicted molar refractivity (Wildman–Crippen MR) is 89.6 cm³/mol. The highest BCUT2D eigenvalue weighted by molar-refractivity contribution is 5.55. The molecule has 1 aromatic rings. The zero-order valence-electron chi connectivity index (χ0n) is 14.0. The molecule has 0 aliphatic carbocycles. The summed E-state index contributed by atoms with van der Waals surface area (Å²) in [6.07, 6.45) is 5.95. The van der Waals surface area contributed by atoms with E-state index in [1.54, 1.807) is 21.3 Å². The molecule has 0 bridgehead atoms. The van der Waals surface area contributed by atoms with Crippen LogP contribution in [-0.4, -0.2) is 27.9 Å². The number of hydrogen-bond acceptors (Lipinski definition) is 5. The Bertz CT molecular complexity index is 514. The second-order valence-corrected chi connectivity index (χ2v) is 4.38. The summed E-state index contributed by atoms with van der Waals surface area (Å²) in [7, 11) is 4.81. The molecule has 1 aliphatic rings. The summed E-state index contributed by atoms with van der Waals surface area (Å²) in [5.74, 6) is 1.87. The van der Waals surface area contributed by atoms with Crippen molar-refractivity contribution in [3.8, 4) is 17.2 Å². The molecule has 0 aromatic heterocycles. The third-order valence-corrected chi connectivity index (χ3v) is 3.24. The monoisotopic (exact) mass is 306 g/mol. The van der Waals surface area contributed by atoms with Crippen LogP contribution in [0.4, 0.5) is 0 Å².